The molecule has 2 N–H and O–H groups in total. The molecule has 0 atom stereocenters. The van der Waals surface area contributed by atoms with Crippen LogP contribution in [-0.4, -0.2) is 29.2 Å². The highest BCUT2D eigenvalue weighted by Crippen LogP contribution is 2.27. The van der Waals surface area contributed by atoms with Crippen LogP contribution < -0.4 is 10.6 Å². The van der Waals surface area contributed by atoms with Gasteiger partial charge in [-0.25, -0.2) is 4.99 Å². The topological polar surface area (TPSA) is 75.3 Å². The smallest absolute Gasteiger partial charge is 0.257 e. The Balaban J connectivity index is 1.65. The lowest BCUT2D eigenvalue weighted by atomic mass is 10.1. The molecular weight excluding hydrogens is 314 g/mol. The van der Waals surface area contributed by atoms with E-state index in [2.05, 4.69) is 51.7 Å². The van der Waals surface area contributed by atoms with Crippen molar-refractivity contribution < 1.29 is 4.52 Å². The van der Waals surface area contributed by atoms with Crippen molar-refractivity contribution in [2.24, 2.45) is 10.9 Å². The summed E-state index contributed by atoms with van der Waals surface area (Å²) in [6.45, 7) is 6.67. The highest BCUT2D eigenvalue weighted by atomic mass is 16.5. The Bertz CT molecular complexity index is 705. The molecular formula is C19H27N5O. The van der Waals surface area contributed by atoms with Crippen LogP contribution in [-0.2, 0) is 13.0 Å². The second-order valence-electron chi connectivity index (χ2n) is 6.49. The van der Waals surface area contributed by atoms with Crippen molar-refractivity contribution >= 4 is 5.96 Å². The first kappa shape index (κ1) is 17.5. The van der Waals surface area contributed by atoms with Crippen LogP contribution in [0.4, 0.5) is 0 Å². The zero-order valence-corrected chi connectivity index (χ0v) is 15.1. The molecule has 0 aliphatic heterocycles. The average molecular weight is 341 g/mol. The van der Waals surface area contributed by atoms with Crippen molar-refractivity contribution in [1.29, 1.82) is 0 Å². The number of hydrogen-bond acceptors (Lipinski definition) is 4. The Hall–Kier alpha value is -2.37. The summed E-state index contributed by atoms with van der Waals surface area (Å²) in [7, 11) is 0. The average Bonchev–Trinajstić information content (AvgIpc) is 3.35. The van der Waals surface area contributed by atoms with Gasteiger partial charge >= 0.3 is 0 Å². The molecule has 0 amide bonds. The van der Waals surface area contributed by atoms with E-state index in [1.54, 1.807) is 0 Å². The number of aliphatic imine (C=N–C) groups is 1. The lowest BCUT2D eigenvalue weighted by Crippen LogP contribution is -2.38. The van der Waals surface area contributed by atoms with Crippen molar-refractivity contribution in [3.8, 4) is 11.5 Å². The fourth-order valence-electron chi connectivity index (χ4n) is 2.57. The number of aromatic nitrogens is 2. The standard InChI is InChI=1S/C19H27N5O/c1-3-6-17-23-18(25-24-17)16-8-5-7-15(11-16)13-22-19(20-4-2)21-12-14-9-10-14/h5,7-8,11,14H,3-4,6,9-10,12-13H2,1-2H3,(H2,20,21,22). The number of hydrogen-bond donors (Lipinski definition) is 2. The Morgan fingerprint density at radius 1 is 1.28 bits per heavy atom. The first-order chi connectivity index (χ1) is 12.3. The van der Waals surface area contributed by atoms with Gasteiger partial charge in [0.05, 0.1) is 6.54 Å². The second-order valence-corrected chi connectivity index (χ2v) is 6.49. The lowest BCUT2D eigenvalue weighted by Gasteiger charge is -2.10. The molecule has 2 aromatic rings. The minimum atomic E-state index is 0.577. The molecule has 134 valence electrons. The molecule has 25 heavy (non-hydrogen) atoms. The maximum absolute atomic E-state index is 5.37. The van der Waals surface area contributed by atoms with Gasteiger partial charge in [-0.15, -0.1) is 0 Å². The molecule has 6 nitrogen and oxygen atoms in total. The van der Waals surface area contributed by atoms with E-state index in [4.69, 9.17) is 4.52 Å². The number of benzene rings is 1. The van der Waals surface area contributed by atoms with Crippen molar-refractivity contribution in [2.45, 2.75) is 46.1 Å². The van der Waals surface area contributed by atoms with Gasteiger partial charge < -0.3 is 15.2 Å². The summed E-state index contributed by atoms with van der Waals surface area (Å²) in [5, 5.41) is 10.7. The first-order valence-electron chi connectivity index (χ1n) is 9.22. The molecule has 1 aromatic heterocycles. The summed E-state index contributed by atoms with van der Waals surface area (Å²) in [4.78, 5) is 9.13. The highest BCUT2D eigenvalue weighted by molar-refractivity contribution is 5.79. The molecule has 0 spiro atoms. The van der Waals surface area contributed by atoms with Gasteiger partial charge in [0.25, 0.3) is 5.89 Å². The zero-order valence-electron chi connectivity index (χ0n) is 15.1. The third-order valence-electron chi connectivity index (χ3n) is 4.13. The molecule has 0 bridgehead atoms. The predicted octanol–water partition coefficient (Wildman–Crippen LogP) is 3.15. The van der Waals surface area contributed by atoms with Gasteiger partial charge in [0.1, 0.15) is 0 Å². The van der Waals surface area contributed by atoms with Crippen molar-refractivity contribution in [2.75, 3.05) is 13.1 Å². The van der Waals surface area contributed by atoms with Crippen molar-refractivity contribution in [3.63, 3.8) is 0 Å². The highest BCUT2D eigenvalue weighted by Gasteiger charge is 2.21. The van der Waals surface area contributed by atoms with Crippen molar-refractivity contribution in [3.05, 3.63) is 35.7 Å². The number of rotatable bonds is 8. The number of nitrogens with zero attached hydrogens (tertiary/aromatic N) is 3. The van der Waals surface area contributed by atoms with Crippen LogP contribution in [0.15, 0.2) is 33.8 Å². The Morgan fingerprint density at radius 2 is 2.16 bits per heavy atom. The zero-order chi connectivity index (χ0) is 17.5. The lowest BCUT2D eigenvalue weighted by molar-refractivity contribution is 0.422. The number of aryl methyl sites for hydroxylation is 1. The van der Waals surface area contributed by atoms with Crippen LogP contribution >= 0.6 is 0 Å². The minimum absolute atomic E-state index is 0.577. The Morgan fingerprint density at radius 3 is 2.92 bits per heavy atom. The van der Waals surface area contributed by atoms with Crippen LogP contribution in [0.2, 0.25) is 0 Å². The minimum Gasteiger partial charge on any atom is -0.357 e. The SMILES string of the molecule is CCCc1noc(-c2cccc(CN=C(NCC)NCC3CC3)c2)n1. The van der Waals surface area contributed by atoms with E-state index in [1.807, 2.05) is 12.1 Å². The summed E-state index contributed by atoms with van der Waals surface area (Å²) < 4.78 is 5.37. The predicted molar refractivity (Wildman–Crippen MR) is 99.3 cm³/mol. The largest absolute Gasteiger partial charge is 0.357 e. The normalized spacial score (nSPS) is 14.6. The summed E-state index contributed by atoms with van der Waals surface area (Å²) >= 11 is 0. The molecule has 1 saturated carbocycles. The van der Waals surface area contributed by atoms with Crippen LogP contribution in [0.25, 0.3) is 11.5 Å². The second kappa shape index (κ2) is 8.65. The van der Waals surface area contributed by atoms with Gasteiger partial charge in [0.2, 0.25) is 0 Å². The van der Waals surface area contributed by atoms with Gasteiger partial charge in [-0.05, 0) is 49.8 Å². The fourth-order valence-corrected chi connectivity index (χ4v) is 2.57. The molecule has 6 heteroatoms. The number of nitrogens with one attached hydrogen (secondary N) is 2. The molecule has 1 aliphatic carbocycles. The molecule has 1 fully saturated rings. The van der Waals surface area contributed by atoms with Crippen LogP contribution in [0.3, 0.4) is 0 Å². The monoisotopic (exact) mass is 341 g/mol. The molecule has 0 radical (unpaired) electrons. The molecule has 1 aliphatic rings. The van der Waals surface area contributed by atoms with E-state index in [0.717, 1.165) is 54.8 Å². The van der Waals surface area contributed by atoms with Gasteiger partial charge in [0, 0.05) is 25.1 Å². The summed E-state index contributed by atoms with van der Waals surface area (Å²) in [6.07, 6.45) is 4.51. The Kier molecular flexibility index (Phi) is 6.04. The number of guanidine groups is 1. The van der Waals surface area contributed by atoms with Crippen LogP contribution in [0.5, 0.6) is 0 Å². The quantitative estimate of drug-likeness (QED) is 0.570. The van der Waals surface area contributed by atoms with Crippen LogP contribution in [0, 0.1) is 5.92 Å². The van der Waals surface area contributed by atoms with E-state index >= 15 is 0 Å². The third kappa shape index (κ3) is 5.31. The van der Waals surface area contributed by atoms with Gasteiger partial charge in [0.15, 0.2) is 11.8 Å². The van der Waals surface area contributed by atoms with Gasteiger partial charge in [-0.2, -0.15) is 4.98 Å². The fraction of sp³-hybridized carbons (Fsp3) is 0.526. The maximum Gasteiger partial charge on any atom is 0.257 e. The van der Waals surface area contributed by atoms with Crippen molar-refractivity contribution in [1.82, 2.24) is 20.8 Å². The molecule has 0 saturated heterocycles. The summed E-state index contributed by atoms with van der Waals surface area (Å²) in [5.74, 6) is 3.04. The molecule has 1 aromatic carbocycles. The van der Waals surface area contributed by atoms with Crippen LogP contribution in [0.1, 0.15) is 44.5 Å². The van der Waals surface area contributed by atoms with E-state index < -0.39 is 0 Å². The maximum atomic E-state index is 5.37. The molecule has 1 heterocycles. The summed E-state index contributed by atoms with van der Waals surface area (Å²) in [5.41, 5.74) is 2.06. The molecule has 0 unspecified atom stereocenters. The third-order valence-corrected chi connectivity index (χ3v) is 4.13. The van der Waals surface area contributed by atoms with Gasteiger partial charge in [-0.1, -0.05) is 24.2 Å². The van der Waals surface area contributed by atoms with Gasteiger partial charge in [-0.3, -0.25) is 0 Å². The summed E-state index contributed by atoms with van der Waals surface area (Å²) in [6, 6.07) is 8.14. The van der Waals surface area contributed by atoms with E-state index in [9.17, 15) is 0 Å². The van der Waals surface area contributed by atoms with E-state index in [1.165, 1.54) is 12.8 Å². The van der Waals surface area contributed by atoms with E-state index in [0.29, 0.717) is 12.4 Å². The first-order valence-corrected chi connectivity index (χ1v) is 9.22. The molecule has 3 rings (SSSR count). The van der Waals surface area contributed by atoms with E-state index in [-0.39, 0.29) is 0 Å². The Labute approximate surface area is 149 Å².